The highest BCUT2D eigenvalue weighted by atomic mass is 19.1. The average Bonchev–Trinajstić information content (AvgIpc) is 2.36. The average molecular weight is 266 g/mol. The monoisotopic (exact) mass is 266 g/mol. The molecule has 0 saturated carbocycles. The third-order valence-electron chi connectivity index (χ3n) is 3.95. The molecule has 1 saturated heterocycles. The normalized spacial score (nSPS) is 27.5. The quantitative estimate of drug-likeness (QED) is 0.910. The predicted molar refractivity (Wildman–Crippen MR) is 75.8 cm³/mol. The molecule has 1 aliphatic rings. The van der Waals surface area contributed by atoms with Crippen molar-refractivity contribution in [3.05, 3.63) is 12.3 Å². The highest BCUT2D eigenvalue weighted by Crippen LogP contribution is 2.35. The molecule has 0 bridgehead atoms. The molecule has 1 fully saturated rings. The zero-order chi connectivity index (χ0) is 13.9. The molecule has 0 aliphatic carbocycles. The first kappa shape index (κ1) is 14.0. The largest absolute Gasteiger partial charge is 0.384 e. The number of piperidine rings is 1. The Balaban J connectivity index is 2.05. The number of halogens is 1. The van der Waals surface area contributed by atoms with Crippen molar-refractivity contribution < 1.29 is 4.39 Å². The van der Waals surface area contributed by atoms with Crippen molar-refractivity contribution in [2.24, 2.45) is 5.92 Å². The minimum atomic E-state index is -1.18. The van der Waals surface area contributed by atoms with Crippen molar-refractivity contribution >= 4 is 11.8 Å². The van der Waals surface area contributed by atoms with Gasteiger partial charge in [0.2, 0.25) is 5.95 Å². The van der Waals surface area contributed by atoms with Crippen LogP contribution in [0.4, 0.5) is 16.2 Å². The van der Waals surface area contributed by atoms with Gasteiger partial charge < -0.3 is 10.6 Å². The third-order valence-corrected chi connectivity index (χ3v) is 3.95. The van der Waals surface area contributed by atoms with Crippen molar-refractivity contribution in [2.75, 3.05) is 23.7 Å². The summed E-state index contributed by atoms with van der Waals surface area (Å²) in [4.78, 5) is 10.3. The van der Waals surface area contributed by atoms with Crippen molar-refractivity contribution in [1.82, 2.24) is 9.97 Å². The van der Waals surface area contributed by atoms with E-state index in [1.807, 2.05) is 4.90 Å². The summed E-state index contributed by atoms with van der Waals surface area (Å²) in [6.07, 6.45) is 5.66. The first-order valence-electron chi connectivity index (χ1n) is 7.05. The molecule has 0 spiro atoms. The number of anilines is 2. The second kappa shape index (κ2) is 5.72. The van der Waals surface area contributed by atoms with Crippen molar-refractivity contribution in [3.63, 3.8) is 0 Å². The Kier molecular flexibility index (Phi) is 4.22. The molecule has 2 N–H and O–H groups in total. The third kappa shape index (κ3) is 3.33. The lowest BCUT2D eigenvalue weighted by atomic mass is 9.81. The number of hydrogen-bond donors (Lipinski definition) is 1. The van der Waals surface area contributed by atoms with Gasteiger partial charge in [-0.3, -0.25) is 0 Å². The zero-order valence-electron chi connectivity index (χ0n) is 11.8. The van der Waals surface area contributed by atoms with Gasteiger partial charge in [0.25, 0.3) is 0 Å². The van der Waals surface area contributed by atoms with E-state index in [1.165, 1.54) is 0 Å². The minimum Gasteiger partial charge on any atom is -0.384 e. The van der Waals surface area contributed by atoms with E-state index in [9.17, 15) is 4.39 Å². The summed E-state index contributed by atoms with van der Waals surface area (Å²) in [6, 6.07) is 1.64. The molecule has 0 radical (unpaired) electrons. The second-order valence-corrected chi connectivity index (χ2v) is 5.61. The van der Waals surface area contributed by atoms with Crippen LogP contribution < -0.4 is 10.6 Å². The van der Waals surface area contributed by atoms with Crippen molar-refractivity contribution in [3.8, 4) is 0 Å². The summed E-state index contributed by atoms with van der Waals surface area (Å²) in [5.74, 6) is 1.11. The highest BCUT2D eigenvalue weighted by Gasteiger charge is 2.40. The molecule has 5 heteroatoms. The zero-order valence-corrected chi connectivity index (χ0v) is 11.8. The van der Waals surface area contributed by atoms with Gasteiger partial charge in [-0.15, -0.1) is 0 Å². The Labute approximate surface area is 114 Å². The lowest BCUT2D eigenvalue weighted by Gasteiger charge is -2.41. The van der Waals surface area contributed by atoms with Crippen LogP contribution in [-0.2, 0) is 0 Å². The molecule has 19 heavy (non-hydrogen) atoms. The smallest absolute Gasteiger partial charge is 0.227 e. The van der Waals surface area contributed by atoms with Gasteiger partial charge in [-0.1, -0.05) is 19.8 Å². The van der Waals surface area contributed by atoms with Crippen LogP contribution >= 0.6 is 0 Å². The molecule has 1 aromatic heterocycles. The van der Waals surface area contributed by atoms with Gasteiger partial charge in [0, 0.05) is 12.7 Å². The Morgan fingerprint density at radius 3 is 3.00 bits per heavy atom. The lowest BCUT2D eigenvalue weighted by Crippen LogP contribution is -2.50. The number of nitrogens with zero attached hydrogens (tertiary/aromatic N) is 3. The van der Waals surface area contributed by atoms with E-state index in [0.29, 0.717) is 18.3 Å². The molecule has 106 valence electrons. The van der Waals surface area contributed by atoms with Crippen molar-refractivity contribution in [2.45, 2.75) is 45.2 Å². The number of nitrogens with two attached hydrogens (primary N) is 1. The van der Waals surface area contributed by atoms with Gasteiger partial charge >= 0.3 is 0 Å². The molecule has 2 rings (SSSR count). The van der Waals surface area contributed by atoms with Crippen molar-refractivity contribution in [1.29, 1.82) is 0 Å². The molecule has 0 amide bonds. The fraction of sp³-hybridized carbons (Fsp3) is 0.714. The Morgan fingerprint density at radius 1 is 1.58 bits per heavy atom. The van der Waals surface area contributed by atoms with E-state index in [2.05, 4.69) is 16.9 Å². The molecule has 2 unspecified atom stereocenters. The topological polar surface area (TPSA) is 55.0 Å². The minimum absolute atomic E-state index is 0.143. The predicted octanol–water partition coefficient (Wildman–Crippen LogP) is 2.80. The SMILES string of the molecule is CCCCC1CCN(c2nccc(N)n2)CC1(C)F. The van der Waals surface area contributed by atoms with E-state index in [0.717, 1.165) is 32.2 Å². The molecule has 4 nitrogen and oxygen atoms in total. The van der Waals surface area contributed by atoms with E-state index in [-0.39, 0.29) is 5.92 Å². The fourth-order valence-electron chi connectivity index (χ4n) is 2.77. The number of rotatable bonds is 4. The number of hydrogen-bond acceptors (Lipinski definition) is 4. The molecule has 2 atom stereocenters. The second-order valence-electron chi connectivity index (χ2n) is 5.61. The van der Waals surface area contributed by atoms with Gasteiger partial charge in [-0.05, 0) is 31.7 Å². The van der Waals surface area contributed by atoms with E-state index in [4.69, 9.17) is 5.73 Å². The van der Waals surface area contributed by atoms with E-state index in [1.54, 1.807) is 19.2 Å². The fourth-order valence-corrected chi connectivity index (χ4v) is 2.77. The summed E-state index contributed by atoms with van der Waals surface area (Å²) < 4.78 is 14.8. The van der Waals surface area contributed by atoms with Gasteiger partial charge in [-0.2, -0.15) is 4.98 Å². The maximum Gasteiger partial charge on any atom is 0.227 e. The molecule has 2 heterocycles. The van der Waals surface area contributed by atoms with Gasteiger partial charge in [-0.25, -0.2) is 9.37 Å². The first-order valence-corrected chi connectivity index (χ1v) is 7.05. The molecular formula is C14H23FN4. The van der Waals surface area contributed by atoms with Crippen LogP contribution in [0.25, 0.3) is 0 Å². The maximum absolute atomic E-state index is 14.8. The molecule has 1 aromatic rings. The Bertz CT molecular complexity index is 422. The maximum atomic E-state index is 14.8. The summed E-state index contributed by atoms with van der Waals surface area (Å²) in [7, 11) is 0. The summed E-state index contributed by atoms with van der Waals surface area (Å²) in [5, 5.41) is 0. The van der Waals surface area contributed by atoms with Crippen LogP contribution in [0.15, 0.2) is 12.3 Å². The Hall–Kier alpha value is -1.39. The summed E-state index contributed by atoms with van der Waals surface area (Å²) >= 11 is 0. The van der Waals surface area contributed by atoms with Crippen LogP contribution in [0.5, 0.6) is 0 Å². The number of aromatic nitrogens is 2. The molecule has 0 aromatic carbocycles. The summed E-state index contributed by atoms with van der Waals surface area (Å²) in [5.41, 5.74) is 4.48. The van der Waals surface area contributed by atoms with E-state index >= 15 is 0 Å². The van der Waals surface area contributed by atoms with Gasteiger partial charge in [0.15, 0.2) is 0 Å². The van der Waals surface area contributed by atoms with Crippen LogP contribution in [-0.4, -0.2) is 28.7 Å². The number of alkyl halides is 1. The summed E-state index contributed by atoms with van der Waals surface area (Å²) in [6.45, 7) is 5.00. The molecule has 1 aliphatic heterocycles. The highest BCUT2D eigenvalue weighted by molar-refractivity contribution is 5.38. The number of unbranched alkanes of at least 4 members (excludes halogenated alkanes) is 1. The van der Waals surface area contributed by atoms with Gasteiger partial charge in [0.1, 0.15) is 11.5 Å². The van der Waals surface area contributed by atoms with E-state index < -0.39 is 5.67 Å². The van der Waals surface area contributed by atoms with Gasteiger partial charge in [0.05, 0.1) is 6.54 Å². The number of nitrogen functional groups attached to an aromatic ring is 1. The van der Waals surface area contributed by atoms with Crippen LogP contribution in [0.1, 0.15) is 39.5 Å². The first-order chi connectivity index (χ1) is 9.03. The standard InChI is InChI=1S/C14H23FN4/c1-3-4-5-11-7-9-19(10-14(11,2)15)13-17-8-6-12(16)18-13/h6,8,11H,3-5,7,9-10H2,1-2H3,(H2,16,17,18). The van der Waals surface area contributed by atoms with Crippen LogP contribution in [0.2, 0.25) is 0 Å². The Morgan fingerprint density at radius 2 is 2.37 bits per heavy atom. The lowest BCUT2D eigenvalue weighted by molar-refractivity contribution is 0.0762. The molecular weight excluding hydrogens is 243 g/mol. The van der Waals surface area contributed by atoms with Crippen LogP contribution in [0.3, 0.4) is 0 Å². The van der Waals surface area contributed by atoms with Crippen LogP contribution in [0, 0.1) is 5.92 Å².